The Kier molecular flexibility index (Phi) is 2.24. The molecule has 1 aliphatic carbocycles. The number of fused-ring (bicyclic) bond motifs is 1. The van der Waals surface area contributed by atoms with Crippen LogP contribution in [0.4, 0.5) is 5.69 Å². The van der Waals surface area contributed by atoms with E-state index in [1.54, 1.807) is 24.3 Å². The van der Waals surface area contributed by atoms with Gasteiger partial charge >= 0.3 is 0 Å². The number of benzene rings is 1. The number of anilines is 1. The Balaban J connectivity index is 1.93. The summed E-state index contributed by atoms with van der Waals surface area (Å²) in [6.07, 6.45) is 0. The molecule has 2 atom stereocenters. The van der Waals surface area contributed by atoms with E-state index in [2.05, 4.69) is 0 Å². The average Bonchev–Trinajstić information content (AvgIpc) is 2.97. The first-order valence-electron chi connectivity index (χ1n) is 5.39. The minimum atomic E-state index is -0.327. The van der Waals surface area contributed by atoms with Gasteiger partial charge in [-0.15, -0.1) is 0 Å². The fraction of sp³-hybridized carbons (Fsp3) is 0.333. The Labute approximate surface area is 103 Å². The molecule has 17 heavy (non-hydrogen) atoms. The summed E-state index contributed by atoms with van der Waals surface area (Å²) in [6, 6.07) is 6.66. The van der Waals surface area contributed by atoms with Gasteiger partial charge < -0.3 is 5.11 Å². The van der Waals surface area contributed by atoms with Crippen LogP contribution in [0.3, 0.4) is 0 Å². The maximum atomic E-state index is 12.0. The molecule has 4 nitrogen and oxygen atoms in total. The van der Waals surface area contributed by atoms with Crippen molar-refractivity contribution in [2.45, 2.75) is 0 Å². The molecule has 2 fully saturated rings. The van der Waals surface area contributed by atoms with Crippen LogP contribution in [0.25, 0.3) is 0 Å². The Morgan fingerprint density at radius 3 is 2.41 bits per heavy atom. The van der Waals surface area contributed by atoms with Gasteiger partial charge in [0.1, 0.15) is 0 Å². The molecule has 1 saturated heterocycles. The van der Waals surface area contributed by atoms with Crippen LogP contribution in [0.1, 0.15) is 0 Å². The zero-order valence-corrected chi connectivity index (χ0v) is 9.59. The predicted octanol–water partition coefficient (Wildman–Crippen LogP) is 1.07. The topological polar surface area (TPSA) is 57.6 Å². The van der Waals surface area contributed by atoms with Crippen molar-refractivity contribution in [3.05, 3.63) is 29.3 Å². The molecule has 1 aromatic carbocycles. The highest BCUT2D eigenvalue weighted by molar-refractivity contribution is 6.31. The van der Waals surface area contributed by atoms with E-state index < -0.39 is 0 Å². The van der Waals surface area contributed by atoms with Crippen LogP contribution in [0, 0.1) is 17.8 Å². The van der Waals surface area contributed by atoms with Crippen molar-refractivity contribution < 1.29 is 14.7 Å². The number of imide groups is 1. The lowest BCUT2D eigenvalue weighted by Crippen LogP contribution is -2.35. The predicted molar refractivity (Wildman–Crippen MR) is 61.5 cm³/mol. The van der Waals surface area contributed by atoms with Crippen LogP contribution >= 0.6 is 11.6 Å². The quantitative estimate of drug-likeness (QED) is 0.800. The van der Waals surface area contributed by atoms with E-state index in [1.807, 2.05) is 0 Å². The molecule has 1 aromatic rings. The fourth-order valence-corrected chi connectivity index (χ4v) is 2.74. The van der Waals surface area contributed by atoms with Gasteiger partial charge in [-0.1, -0.05) is 17.7 Å². The molecule has 88 valence electrons. The largest absolute Gasteiger partial charge is 0.396 e. The van der Waals surface area contributed by atoms with E-state index >= 15 is 0 Å². The van der Waals surface area contributed by atoms with Gasteiger partial charge in [-0.2, -0.15) is 0 Å². The number of piperidine rings is 1. The average molecular weight is 252 g/mol. The smallest absolute Gasteiger partial charge is 0.238 e. The third-order valence-electron chi connectivity index (χ3n) is 3.46. The summed E-state index contributed by atoms with van der Waals surface area (Å²) in [7, 11) is 0. The van der Waals surface area contributed by atoms with Crippen molar-refractivity contribution in [2.24, 2.45) is 17.8 Å². The molecule has 1 aliphatic heterocycles. The van der Waals surface area contributed by atoms with Crippen LogP contribution < -0.4 is 4.90 Å². The fourth-order valence-electron chi connectivity index (χ4n) is 2.55. The number of hydrogen-bond donors (Lipinski definition) is 1. The standard InChI is InChI=1S/C12H10ClNO3/c13-6-2-1-3-7(4-6)14-11(16)9-8(5-15)10(9)12(14)17/h1-4,8-10,15H,5H2. The minimum absolute atomic E-state index is 0.101. The maximum absolute atomic E-state index is 12.0. The lowest BCUT2D eigenvalue weighted by Gasteiger charge is -2.17. The van der Waals surface area contributed by atoms with E-state index in [-0.39, 0.29) is 36.2 Å². The summed E-state index contributed by atoms with van der Waals surface area (Å²) in [5, 5.41) is 9.49. The Morgan fingerprint density at radius 2 is 1.88 bits per heavy atom. The molecular weight excluding hydrogens is 242 g/mol. The number of carbonyl (C=O) groups excluding carboxylic acids is 2. The number of aliphatic hydroxyl groups is 1. The van der Waals surface area contributed by atoms with Crippen molar-refractivity contribution in [2.75, 3.05) is 11.5 Å². The van der Waals surface area contributed by atoms with Crippen LogP contribution in [-0.2, 0) is 9.59 Å². The monoisotopic (exact) mass is 251 g/mol. The number of hydrogen-bond acceptors (Lipinski definition) is 3. The normalized spacial score (nSPS) is 30.7. The van der Waals surface area contributed by atoms with Crippen LogP contribution in [0.15, 0.2) is 24.3 Å². The molecule has 3 rings (SSSR count). The van der Waals surface area contributed by atoms with Crippen LogP contribution in [-0.4, -0.2) is 23.5 Å². The van der Waals surface area contributed by atoms with Crippen molar-refractivity contribution in [3.63, 3.8) is 0 Å². The highest BCUT2D eigenvalue weighted by Gasteiger charge is 2.67. The molecule has 2 unspecified atom stereocenters. The number of rotatable bonds is 2. The van der Waals surface area contributed by atoms with E-state index in [0.29, 0.717) is 10.7 Å². The highest BCUT2D eigenvalue weighted by atomic mass is 35.5. The summed E-state index contributed by atoms with van der Waals surface area (Å²) in [5.41, 5.74) is 0.511. The number of aliphatic hydroxyl groups excluding tert-OH is 1. The van der Waals surface area contributed by atoms with Gasteiger partial charge in [0.25, 0.3) is 0 Å². The van der Waals surface area contributed by atoms with Gasteiger partial charge in [0.15, 0.2) is 0 Å². The zero-order valence-electron chi connectivity index (χ0n) is 8.84. The van der Waals surface area contributed by atoms with Crippen molar-refractivity contribution in [1.29, 1.82) is 0 Å². The summed E-state index contributed by atoms with van der Waals surface area (Å²) >= 11 is 5.83. The van der Waals surface area contributed by atoms with Crippen molar-refractivity contribution in [1.82, 2.24) is 0 Å². The molecule has 1 saturated carbocycles. The second-order valence-electron chi connectivity index (χ2n) is 4.39. The first-order chi connectivity index (χ1) is 8.15. The third-order valence-corrected chi connectivity index (χ3v) is 3.69. The van der Waals surface area contributed by atoms with E-state index in [1.165, 1.54) is 4.90 Å². The molecule has 1 heterocycles. The second-order valence-corrected chi connectivity index (χ2v) is 4.83. The van der Waals surface area contributed by atoms with Crippen molar-refractivity contribution >= 4 is 29.1 Å². The summed E-state index contributed by atoms with van der Waals surface area (Å²) in [6.45, 7) is -0.101. The minimum Gasteiger partial charge on any atom is -0.396 e. The van der Waals surface area contributed by atoms with E-state index in [0.717, 1.165) is 0 Å². The molecule has 0 radical (unpaired) electrons. The van der Waals surface area contributed by atoms with Gasteiger partial charge in [0, 0.05) is 17.5 Å². The molecule has 5 heteroatoms. The maximum Gasteiger partial charge on any atom is 0.238 e. The molecule has 1 N–H and O–H groups in total. The molecule has 2 aliphatic rings. The second kappa shape index (κ2) is 3.55. The van der Waals surface area contributed by atoms with Crippen LogP contribution in [0.2, 0.25) is 5.02 Å². The van der Waals surface area contributed by atoms with E-state index in [9.17, 15) is 9.59 Å². The number of amides is 2. The lowest BCUT2D eigenvalue weighted by atomic mass is 10.2. The summed E-state index contributed by atoms with van der Waals surface area (Å²) < 4.78 is 0. The SMILES string of the molecule is O=C1C2C(CO)C2C(=O)N1c1cccc(Cl)c1. The lowest BCUT2D eigenvalue weighted by molar-refractivity contribution is -0.124. The molecule has 0 spiro atoms. The van der Waals surface area contributed by atoms with Crippen LogP contribution in [0.5, 0.6) is 0 Å². The highest BCUT2D eigenvalue weighted by Crippen LogP contribution is 2.53. The van der Waals surface area contributed by atoms with Crippen molar-refractivity contribution in [3.8, 4) is 0 Å². The van der Waals surface area contributed by atoms with Gasteiger partial charge in [-0.3, -0.25) is 9.59 Å². The van der Waals surface area contributed by atoms with Gasteiger partial charge in [0.05, 0.1) is 17.5 Å². The molecular formula is C12H10ClNO3. The number of carbonyl (C=O) groups is 2. The third kappa shape index (κ3) is 1.41. The summed E-state index contributed by atoms with van der Waals surface area (Å²) in [5.74, 6) is -1.27. The number of nitrogens with zero attached hydrogens (tertiary/aromatic N) is 1. The Bertz CT molecular complexity index is 494. The Hall–Kier alpha value is -1.39. The molecule has 2 amide bonds. The first-order valence-corrected chi connectivity index (χ1v) is 5.77. The van der Waals surface area contributed by atoms with Gasteiger partial charge in [-0.25, -0.2) is 4.90 Å². The first kappa shape index (κ1) is 10.7. The molecule has 0 aromatic heterocycles. The number of halogens is 1. The molecule has 0 bridgehead atoms. The zero-order chi connectivity index (χ0) is 12.2. The summed E-state index contributed by atoms with van der Waals surface area (Å²) in [4.78, 5) is 25.2. The van der Waals surface area contributed by atoms with Gasteiger partial charge in [0.2, 0.25) is 11.8 Å². The Morgan fingerprint density at radius 1 is 1.24 bits per heavy atom. The van der Waals surface area contributed by atoms with E-state index in [4.69, 9.17) is 16.7 Å². The van der Waals surface area contributed by atoms with Gasteiger partial charge in [-0.05, 0) is 18.2 Å².